The van der Waals surface area contributed by atoms with E-state index in [-0.39, 0.29) is 5.69 Å². The number of aromatic nitrogens is 3. The molecule has 1 atom stereocenters. The molecule has 0 saturated carbocycles. The van der Waals surface area contributed by atoms with Gasteiger partial charge in [-0.25, -0.2) is 14.8 Å². The second-order valence-electron chi connectivity index (χ2n) is 7.47. The number of benzene rings is 2. The summed E-state index contributed by atoms with van der Waals surface area (Å²) in [4.78, 5) is 33.8. The van der Waals surface area contributed by atoms with Crippen molar-refractivity contribution in [3.8, 4) is 10.6 Å². The number of hydrogen-bond acceptors (Lipinski definition) is 6. The SMILES string of the molecule is CCc1ccc(-c2nc(C(=O)OCC(=O)N[C@@H](c3ccccc3)c3nccn3C)cs2)cc1. The standard InChI is InChI=1S/C25H24N4O3S/c1-3-17-9-11-19(12-10-17)24-27-20(16-33-24)25(31)32-15-21(30)28-22(18-7-5-4-6-8-18)23-26-13-14-29(23)2/h4-14,16,22H,3,15H2,1-2H3,(H,28,30)/t22-/m0/s1. The fraction of sp³-hybridized carbons (Fsp3) is 0.200. The van der Waals surface area contributed by atoms with E-state index < -0.39 is 24.5 Å². The molecule has 0 radical (unpaired) electrons. The predicted molar refractivity (Wildman–Crippen MR) is 127 cm³/mol. The predicted octanol–water partition coefficient (Wildman–Crippen LogP) is 4.17. The monoisotopic (exact) mass is 460 g/mol. The highest BCUT2D eigenvalue weighted by Crippen LogP contribution is 2.25. The van der Waals surface area contributed by atoms with Crippen LogP contribution in [0.4, 0.5) is 0 Å². The summed E-state index contributed by atoms with van der Waals surface area (Å²) in [6, 6.07) is 17.1. The third-order valence-electron chi connectivity index (χ3n) is 5.21. The van der Waals surface area contributed by atoms with E-state index in [1.54, 1.807) is 11.6 Å². The quantitative estimate of drug-likeness (QED) is 0.399. The summed E-state index contributed by atoms with van der Waals surface area (Å²) >= 11 is 1.36. The minimum Gasteiger partial charge on any atom is -0.451 e. The van der Waals surface area contributed by atoms with Crippen molar-refractivity contribution >= 4 is 23.2 Å². The number of rotatable bonds is 8. The van der Waals surface area contributed by atoms with Crippen molar-refractivity contribution in [3.05, 3.63) is 95.0 Å². The third kappa shape index (κ3) is 5.35. The first-order valence-electron chi connectivity index (χ1n) is 10.6. The zero-order valence-electron chi connectivity index (χ0n) is 18.4. The van der Waals surface area contributed by atoms with Crippen LogP contribution in [0.5, 0.6) is 0 Å². The van der Waals surface area contributed by atoms with E-state index >= 15 is 0 Å². The van der Waals surface area contributed by atoms with Gasteiger partial charge in [0.1, 0.15) is 16.9 Å². The Labute approximate surface area is 196 Å². The first-order valence-corrected chi connectivity index (χ1v) is 11.5. The molecule has 0 aliphatic carbocycles. The van der Waals surface area contributed by atoms with Gasteiger partial charge in [-0.15, -0.1) is 11.3 Å². The zero-order chi connectivity index (χ0) is 23.2. The number of amides is 1. The number of nitrogens with one attached hydrogen (secondary N) is 1. The number of nitrogens with zero attached hydrogens (tertiary/aromatic N) is 3. The summed E-state index contributed by atoms with van der Waals surface area (Å²) in [6.45, 7) is 1.69. The Hall–Kier alpha value is -3.78. The second kappa shape index (κ2) is 10.2. The number of aryl methyl sites for hydroxylation is 2. The van der Waals surface area contributed by atoms with Crippen molar-refractivity contribution in [1.29, 1.82) is 0 Å². The van der Waals surface area contributed by atoms with Crippen molar-refractivity contribution in [3.63, 3.8) is 0 Å². The minimum atomic E-state index is -0.633. The van der Waals surface area contributed by atoms with E-state index in [2.05, 4.69) is 22.2 Å². The molecule has 2 aromatic carbocycles. The molecule has 7 nitrogen and oxygen atoms in total. The molecule has 2 aromatic heterocycles. The van der Waals surface area contributed by atoms with Crippen molar-refractivity contribution in [2.45, 2.75) is 19.4 Å². The van der Waals surface area contributed by atoms with Crippen LogP contribution >= 0.6 is 11.3 Å². The fourth-order valence-electron chi connectivity index (χ4n) is 3.39. The summed E-state index contributed by atoms with van der Waals surface area (Å²) < 4.78 is 7.07. The maximum Gasteiger partial charge on any atom is 0.358 e. The summed E-state index contributed by atoms with van der Waals surface area (Å²) in [5.41, 5.74) is 3.24. The molecule has 1 amide bonds. The van der Waals surface area contributed by atoms with Gasteiger partial charge in [-0.05, 0) is 17.5 Å². The van der Waals surface area contributed by atoms with Gasteiger partial charge in [-0.3, -0.25) is 4.79 Å². The summed E-state index contributed by atoms with van der Waals surface area (Å²) in [5.74, 6) is -0.379. The molecule has 0 fully saturated rings. The fourth-order valence-corrected chi connectivity index (χ4v) is 4.18. The van der Waals surface area contributed by atoms with Crippen LogP contribution in [0.2, 0.25) is 0 Å². The Morgan fingerprint density at radius 2 is 1.88 bits per heavy atom. The van der Waals surface area contributed by atoms with Crippen LogP contribution in [0.15, 0.2) is 72.4 Å². The summed E-state index contributed by atoms with van der Waals surface area (Å²) in [5, 5.41) is 5.28. The van der Waals surface area contributed by atoms with Crippen LogP contribution < -0.4 is 5.32 Å². The Morgan fingerprint density at radius 1 is 1.12 bits per heavy atom. The summed E-state index contributed by atoms with van der Waals surface area (Å²) in [7, 11) is 1.86. The largest absolute Gasteiger partial charge is 0.451 e. The van der Waals surface area contributed by atoms with E-state index in [1.165, 1.54) is 16.9 Å². The lowest BCUT2D eigenvalue weighted by molar-refractivity contribution is -0.124. The highest BCUT2D eigenvalue weighted by Gasteiger charge is 2.22. The smallest absolute Gasteiger partial charge is 0.358 e. The Kier molecular flexibility index (Phi) is 6.95. The average Bonchev–Trinajstić information content (AvgIpc) is 3.51. The molecule has 0 aliphatic rings. The zero-order valence-corrected chi connectivity index (χ0v) is 19.2. The molecule has 0 aliphatic heterocycles. The number of carbonyl (C=O) groups excluding carboxylic acids is 2. The normalized spacial score (nSPS) is 11.7. The summed E-state index contributed by atoms with van der Waals surface area (Å²) in [6.07, 6.45) is 4.45. The van der Waals surface area contributed by atoms with Gasteiger partial charge in [-0.2, -0.15) is 0 Å². The molecule has 4 rings (SSSR count). The first-order chi connectivity index (χ1) is 16.0. The molecule has 8 heteroatoms. The molecule has 4 aromatic rings. The van der Waals surface area contributed by atoms with Gasteiger partial charge in [0.2, 0.25) is 0 Å². The molecule has 0 spiro atoms. The first kappa shape index (κ1) is 22.4. The van der Waals surface area contributed by atoms with Crippen molar-refractivity contribution < 1.29 is 14.3 Å². The number of ether oxygens (including phenoxy) is 1. The highest BCUT2D eigenvalue weighted by molar-refractivity contribution is 7.13. The lowest BCUT2D eigenvalue weighted by atomic mass is 10.1. The van der Waals surface area contributed by atoms with E-state index in [0.29, 0.717) is 5.82 Å². The molecule has 0 saturated heterocycles. The maximum absolute atomic E-state index is 12.6. The number of esters is 1. The molecular weight excluding hydrogens is 436 g/mol. The maximum atomic E-state index is 12.6. The van der Waals surface area contributed by atoms with Gasteiger partial charge in [0.25, 0.3) is 5.91 Å². The highest BCUT2D eigenvalue weighted by atomic mass is 32.1. The Morgan fingerprint density at radius 3 is 2.55 bits per heavy atom. The van der Waals surface area contributed by atoms with E-state index in [9.17, 15) is 9.59 Å². The molecule has 2 heterocycles. The van der Waals surface area contributed by atoms with Crippen LogP contribution in [0, 0.1) is 0 Å². The van der Waals surface area contributed by atoms with Crippen molar-refractivity contribution in [2.75, 3.05) is 6.61 Å². The van der Waals surface area contributed by atoms with Crippen LogP contribution in [0.1, 0.15) is 40.4 Å². The topological polar surface area (TPSA) is 86.1 Å². The van der Waals surface area contributed by atoms with Gasteiger partial charge < -0.3 is 14.6 Å². The van der Waals surface area contributed by atoms with Gasteiger partial charge in [0.05, 0.1) is 0 Å². The van der Waals surface area contributed by atoms with E-state index in [0.717, 1.165) is 22.6 Å². The molecule has 33 heavy (non-hydrogen) atoms. The second-order valence-corrected chi connectivity index (χ2v) is 8.33. The van der Waals surface area contributed by atoms with Crippen LogP contribution in [-0.2, 0) is 23.0 Å². The van der Waals surface area contributed by atoms with Crippen molar-refractivity contribution in [1.82, 2.24) is 19.9 Å². The third-order valence-corrected chi connectivity index (χ3v) is 6.10. The number of thiazole rings is 1. The van der Waals surface area contributed by atoms with Crippen LogP contribution in [-0.4, -0.2) is 33.0 Å². The molecular formula is C25H24N4O3S. The lowest BCUT2D eigenvalue weighted by Crippen LogP contribution is -2.34. The number of hydrogen-bond donors (Lipinski definition) is 1. The van der Waals surface area contributed by atoms with Crippen LogP contribution in [0.25, 0.3) is 10.6 Å². The lowest BCUT2D eigenvalue weighted by Gasteiger charge is -2.19. The molecule has 168 valence electrons. The van der Waals surface area contributed by atoms with Crippen LogP contribution in [0.3, 0.4) is 0 Å². The number of carbonyl (C=O) groups is 2. The molecule has 0 bridgehead atoms. The van der Waals surface area contributed by atoms with Gasteiger partial charge in [-0.1, -0.05) is 61.5 Å². The number of imidazole rings is 1. The molecule has 0 unspecified atom stereocenters. The van der Waals surface area contributed by atoms with E-state index in [1.807, 2.05) is 72.4 Å². The van der Waals surface area contributed by atoms with Gasteiger partial charge in [0, 0.05) is 30.4 Å². The van der Waals surface area contributed by atoms with E-state index in [4.69, 9.17) is 4.74 Å². The Bertz CT molecular complexity index is 1230. The minimum absolute atomic E-state index is 0.186. The van der Waals surface area contributed by atoms with Gasteiger partial charge >= 0.3 is 5.97 Å². The average molecular weight is 461 g/mol. The molecule has 1 N–H and O–H groups in total. The van der Waals surface area contributed by atoms with Crippen molar-refractivity contribution in [2.24, 2.45) is 7.05 Å². The van der Waals surface area contributed by atoms with Gasteiger partial charge in [0.15, 0.2) is 12.3 Å². The Balaban J connectivity index is 1.39.